The minimum atomic E-state index is -0.126. The Morgan fingerprint density at radius 3 is 2.85 bits per heavy atom. The van der Waals surface area contributed by atoms with Crippen LogP contribution in [-0.4, -0.2) is 57.0 Å². The van der Waals surface area contributed by atoms with Gasteiger partial charge in [-0.1, -0.05) is 5.16 Å². The SMILES string of the molecule is COCc1cc(-c2nnc3ccc(OCc4ccc(C(=O)NC5CCOCC5)cn4)cn23)no1. The van der Waals surface area contributed by atoms with Crippen LogP contribution in [0.4, 0.5) is 0 Å². The molecule has 0 atom stereocenters. The maximum absolute atomic E-state index is 12.4. The quantitative estimate of drug-likeness (QED) is 0.418. The third kappa shape index (κ3) is 4.90. The second kappa shape index (κ2) is 9.98. The molecule has 4 aromatic rings. The molecule has 5 heterocycles. The summed E-state index contributed by atoms with van der Waals surface area (Å²) in [5.74, 6) is 1.61. The Hall–Kier alpha value is -3.83. The van der Waals surface area contributed by atoms with E-state index < -0.39 is 0 Å². The van der Waals surface area contributed by atoms with Crippen LogP contribution in [-0.2, 0) is 22.7 Å². The van der Waals surface area contributed by atoms with E-state index in [-0.39, 0.29) is 18.6 Å². The largest absolute Gasteiger partial charge is 0.486 e. The lowest BCUT2D eigenvalue weighted by molar-refractivity contribution is 0.0696. The van der Waals surface area contributed by atoms with Crippen LogP contribution in [0.1, 0.15) is 34.7 Å². The van der Waals surface area contributed by atoms with Gasteiger partial charge < -0.3 is 24.1 Å². The van der Waals surface area contributed by atoms with Crippen molar-refractivity contribution in [3.05, 3.63) is 59.7 Å². The number of hydrogen-bond donors (Lipinski definition) is 1. The number of nitrogens with one attached hydrogen (secondary N) is 1. The van der Waals surface area contributed by atoms with Crippen LogP contribution in [0.5, 0.6) is 5.75 Å². The molecule has 0 aromatic carbocycles. The predicted molar refractivity (Wildman–Crippen MR) is 119 cm³/mol. The predicted octanol–water partition coefficient (Wildman–Crippen LogP) is 2.41. The van der Waals surface area contributed by atoms with E-state index in [4.69, 9.17) is 18.7 Å². The molecule has 0 radical (unpaired) electrons. The lowest BCUT2D eigenvalue weighted by Crippen LogP contribution is -2.38. The highest BCUT2D eigenvalue weighted by Crippen LogP contribution is 2.22. The fourth-order valence-corrected chi connectivity index (χ4v) is 3.67. The summed E-state index contributed by atoms with van der Waals surface area (Å²) in [6.07, 6.45) is 5.00. The maximum atomic E-state index is 12.4. The number of pyridine rings is 2. The molecular formula is C23H24N6O5. The van der Waals surface area contributed by atoms with E-state index in [1.807, 2.05) is 6.07 Å². The van der Waals surface area contributed by atoms with Gasteiger partial charge in [0, 0.05) is 38.6 Å². The number of amides is 1. The topological polar surface area (TPSA) is 126 Å². The summed E-state index contributed by atoms with van der Waals surface area (Å²) in [6.45, 7) is 1.92. The minimum absolute atomic E-state index is 0.126. The van der Waals surface area contributed by atoms with Gasteiger partial charge in [-0.2, -0.15) is 0 Å². The lowest BCUT2D eigenvalue weighted by Gasteiger charge is -2.23. The number of rotatable bonds is 8. The molecule has 176 valence electrons. The van der Waals surface area contributed by atoms with Crippen molar-refractivity contribution < 1.29 is 23.5 Å². The van der Waals surface area contributed by atoms with Crippen LogP contribution in [0.2, 0.25) is 0 Å². The van der Waals surface area contributed by atoms with Crippen LogP contribution >= 0.6 is 0 Å². The van der Waals surface area contributed by atoms with Gasteiger partial charge >= 0.3 is 0 Å². The zero-order valence-corrected chi connectivity index (χ0v) is 18.6. The molecule has 1 amide bonds. The zero-order chi connectivity index (χ0) is 23.3. The molecule has 11 nitrogen and oxygen atoms in total. The highest BCUT2D eigenvalue weighted by Gasteiger charge is 2.17. The van der Waals surface area contributed by atoms with Gasteiger partial charge in [0.15, 0.2) is 22.9 Å². The van der Waals surface area contributed by atoms with Gasteiger partial charge in [-0.15, -0.1) is 10.2 Å². The molecule has 11 heteroatoms. The van der Waals surface area contributed by atoms with Gasteiger partial charge in [-0.25, -0.2) is 0 Å². The number of nitrogens with zero attached hydrogens (tertiary/aromatic N) is 5. The van der Waals surface area contributed by atoms with Crippen molar-refractivity contribution in [1.29, 1.82) is 0 Å². The first-order valence-corrected chi connectivity index (χ1v) is 11.0. The summed E-state index contributed by atoms with van der Waals surface area (Å²) in [4.78, 5) is 16.8. The minimum Gasteiger partial charge on any atom is -0.486 e. The molecule has 1 aliphatic heterocycles. The second-order valence-electron chi connectivity index (χ2n) is 7.92. The van der Waals surface area contributed by atoms with Gasteiger partial charge in [0.25, 0.3) is 5.91 Å². The van der Waals surface area contributed by atoms with Crippen LogP contribution in [0.3, 0.4) is 0 Å². The Morgan fingerprint density at radius 2 is 2.06 bits per heavy atom. The maximum Gasteiger partial charge on any atom is 0.253 e. The van der Waals surface area contributed by atoms with Crippen LogP contribution in [0, 0.1) is 0 Å². The third-order valence-electron chi connectivity index (χ3n) is 5.48. The number of methoxy groups -OCH3 is 1. The number of carbonyl (C=O) groups excluding carboxylic acids is 1. The second-order valence-corrected chi connectivity index (χ2v) is 7.92. The van der Waals surface area contributed by atoms with Crippen molar-refractivity contribution in [3.8, 4) is 17.3 Å². The van der Waals surface area contributed by atoms with Gasteiger partial charge in [-0.3, -0.25) is 14.2 Å². The summed E-state index contributed by atoms with van der Waals surface area (Å²) in [6, 6.07) is 9.06. The van der Waals surface area contributed by atoms with Crippen molar-refractivity contribution >= 4 is 11.6 Å². The fraction of sp³-hybridized carbons (Fsp3) is 0.348. The normalized spacial score (nSPS) is 14.4. The van der Waals surface area contributed by atoms with Crippen molar-refractivity contribution in [1.82, 2.24) is 30.1 Å². The average Bonchev–Trinajstić information content (AvgIpc) is 3.50. The third-order valence-corrected chi connectivity index (χ3v) is 5.48. The average molecular weight is 464 g/mol. The van der Waals surface area contributed by atoms with E-state index in [1.165, 1.54) is 0 Å². The number of hydrogen-bond acceptors (Lipinski definition) is 9. The lowest BCUT2D eigenvalue weighted by atomic mass is 10.1. The van der Waals surface area contributed by atoms with Crippen molar-refractivity contribution in [2.24, 2.45) is 0 Å². The van der Waals surface area contributed by atoms with E-state index in [9.17, 15) is 4.79 Å². The molecule has 4 aromatic heterocycles. The zero-order valence-electron chi connectivity index (χ0n) is 18.6. The van der Waals surface area contributed by atoms with Crippen molar-refractivity contribution in [3.63, 3.8) is 0 Å². The standard InChI is InChI=1S/C23H24N6O5/c1-31-14-19-10-20(28-34-19)22-27-26-21-5-4-18(12-29(21)22)33-13-17-3-2-15(11-24-17)23(30)25-16-6-8-32-9-7-16/h2-5,10-12,16H,6-9,13-14H2,1H3,(H,25,30). The number of fused-ring (bicyclic) bond motifs is 1. The van der Waals surface area contributed by atoms with Gasteiger partial charge in [0.2, 0.25) is 0 Å². The summed E-state index contributed by atoms with van der Waals surface area (Å²) >= 11 is 0. The molecule has 0 aliphatic carbocycles. The molecule has 5 rings (SSSR count). The van der Waals surface area contributed by atoms with Crippen LogP contribution < -0.4 is 10.1 Å². The van der Waals surface area contributed by atoms with Crippen LogP contribution in [0.15, 0.2) is 47.2 Å². The van der Waals surface area contributed by atoms with E-state index >= 15 is 0 Å². The molecule has 0 unspecified atom stereocenters. The van der Waals surface area contributed by atoms with Gasteiger partial charge in [-0.05, 0) is 37.1 Å². The summed E-state index contributed by atoms with van der Waals surface area (Å²) in [5.41, 5.74) is 2.42. The number of aromatic nitrogens is 5. The Labute approximate surface area is 195 Å². The first-order valence-electron chi connectivity index (χ1n) is 11.0. The monoisotopic (exact) mass is 464 g/mol. The fourth-order valence-electron chi connectivity index (χ4n) is 3.67. The Kier molecular flexibility index (Phi) is 6.45. The smallest absolute Gasteiger partial charge is 0.253 e. The highest BCUT2D eigenvalue weighted by molar-refractivity contribution is 5.94. The molecule has 1 N–H and O–H groups in total. The molecule has 0 spiro atoms. The molecule has 1 fully saturated rings. The molecule has 34 heavy (non-hydrogen) atoms. The Morgan fingerprint density at radius 1 is 1.18 bits per heavy atom. The molecular weight excluding hydrogens is 440 g/mol. The van der Waals surface area contributed by atoms with E-state index in [0.29, 0.717) is 59.8 Å². The van der Waals surface area contributed by atoms with Gasteiger partial charge in [0.05, 0.1) is 17.5 Å². The van der Waals surface area contributed by atoms with Crippen molar-refractivity contribution in [2.45, 2.75) is 32.1 Å². The van der Waals surface area contributed by atoms with E-state index in [0.717, 1.165) is 12.8 Å². The molecule has 1 saturated heterocycles. The summed E-state index contributed by atoms with van der Waals surface area (Å²) in [7, 11) is 1.59. The Balaban J connectivity index is 1.23. The number of carbonyl (C=O) groups is 1. The van der Waals surface area contributed by atoms with E-state index in [2.05, 4.69) is 25.7 Å². The summed E-state index contributed by atoms with van der Waals surface area (Å²) < 4.78 is 23.3. The number of ether oxygens (including phenoxy) is 3. The molecule has 1 aliphatic rings. The highest BCUT2D eigenvalue weighted by atomic mass is 16.5. The van der Waals surface area contributed by atoms with E-state index in [1.54, 1.807) is 48.2 Å². The van der Waals surface area contributed by atoms with Crippen molar-refractivity contribution in [2.75, 3.05) is 20.3 Å². The Bertz CT molecular complexity index is 1260. The van der Waals surface area contributed by atoms with Gasteiger partial charge in [0.1, 0.15) is 19.0 Å². The summed E-state index contributed by atoms with van der Waals surface area (Å²) in [5, 5.41) is 15.4. The van der Waals surface area contributed by atoms with Crippen LogP contribution in [0.25, 0.3) is 17.2 Å². The first kappa shape index (κ1) is 22.0. The first-order chi connectivity index (χ1) is 16.7. The molecule has 0 bridgehead atoms. The molecule has 0 saturated carbocycles.